The fraction of sp³-hybridized carbons (Fsp3) is 0.0952. The lowest BCUT2D eigenvalue weighted by molar-refractivity contribution is -0.113. The fourth-order valence-corrected chi connectivity index (χ4v) is 4.47. The predicted molar refractivity (Wildman–Crippen MR) is 120 cm³/mol. The van der Waals surface area contributed by atoms with Gasteiger partial charge in [0.2, 0.25) is 5.91 Å². The third kappa shape index (κ3) is 4.89. The molecule has 4 aromatic rings. The lowest BCUT2D eigenvalue weighted by Crippen LogP contribution is -2.15. The summed E-state index contributed by atoms with van der Waals surface area (Å²) >= 11 is 8.85. The lowest BCUT2D eigenvalue weighted by atomic mass is 10.2. The molecular weight excluding hydrogens is 443 g/mol. The van der Waals surface area contributed by atoms with E-state index in [4.69, 9.17) is 11.6 Å². The van der Waals surface area contributed by atoms with Crippen LogP contribution in [0.15, 0.2) is 71.2 Å². The molecule has 4 rings (SSSR count). The molecule has 5 nitrogen and oxygen atoms in total. The molecule has 0 fully saturated rings. The molecule has 0 atom stereocenters. The first-order valence-corrected chi connectivity index (χ1v) is 11.2. The van der Waals surface area contributed by atoms with Crippen molar-refractivity contribution in [1.82, 2.24) is 14.8 Å². The maximum absolute atomic E-state index is 13.2. The number of nitrogens with one attached hydrogen (secondary N) is 1. The van der Waals surface area contributed by atoms with E-state index < -0.39 is 5.82 Å². The Bertz CT molecular complexity index is 1150. The van der Waals surface area contributed by atoms with Crippen LogP contribution in [0.5, 0.6) is 0 Å². The molecule has 0 aliphatic rings. The summed E-state index contributed by atoms with van der Waals surface area (Å²) in [5, 5.41) is 14.1. The van der Waals surface area contributed by atoms with Crippen molar-refractivity contribution < 1.29 is 9.18 Å². The molecule has 2 aromatic heterocycles. The molecule has 30 heavy (non-hydrogen) atoms. The highest BCUT2D eigenvalue weighted by molar-refractivity contribution is 7.99. The number of carbonyl (C=O) groups is 1. The molecule has 0 aliphatic heterocycles. The van der Waals surface area contributed by atoms with Crippen LogP contribution < -0.4 is 5.32 Å². The van der Waals surface area contributed by atoms with Crippen LogP contribution in [0.2, 0.25) is 5.02 Å². The highest BCUT2D eigenvalue weighted by Crippen LogP contribution is 2.28. The van der Waals surface area contributed by atoms with E-state index in [0.717, 1.165) is 22.3 Å². The number of benzene rings is 2. The van der Waals surface area contributed by atoms with Gasteiger partial charge in [-0.1, -0.05) is 59.8 Å². The molecule has 0 aliphatic carbocycles. The molecule has 0 bridgehead atoms. The fourth-order valence-electron chi connectivity index (χ4n) is 2.80. The van der Waals surface area contributed by atoms with Crippen LogP contribution in [0.25, 0.3) is 10.7 Å². The van der Waals surface area contributed by atoms with Gasteiger partial charge in [0, 0.05) is 0 Å². The van der Waals surface area contributed by atoms with Gasteiger partial charge >= 0.3 is 0 Å². The second-order valence-corrected chi connectivity index (χ2v) is 8.61. The summed E-state index contributed by atoms with van der Waals surface area (Å²) in [7, 11) is 0. The number of amides is 1. The number of thiophene rings is 1. The van der Waals surface area contributed by atoms with E-state index in [1.54, 1.807) is 11.3 Å². The number of rotatable bonds is 7. The van der Waals surface area contributed by atoms with Crippen molar-refractivity contribution in [2.24, 2.45) is 0 Å². The molecule has 2 heterocycles. The van der Waals surface area contributed by atoms with Crippen molar-refractivity contribution in [3.05, 3.63) is 82.4 Å². The number of thioether (sulfide) groups is 1. The minimum Gasteiger partial charge on any atom is -0.324 e. The van der Waals surface area contributed by atoms with Gasteiger partial charge in [-0.2, -0.15) is 0 Å². The average Bonchev–Trinajstić information content (AvgIpc) is 3.39. The van der Waals surface area contributed by atoms with Crippen LogP contribution in [0, 0.1) is 5.82 Å². The van der Waals surface area contributed by atoms with E-state index in [9.17, 15) is 9.18 Å². The molecule has 0 saturated carbocycles. The third-order valence-corrected chi connectivity index (χ3v) is 6.32. The molecule has 0 radical (unpaired) electrons. The Morgan fingerprint density at radius 1 is 1.13 bits per heavy atom. The number of hydrogen-bond donors (Lipinski definition) is 1. The van der Waals surface area contributed by atoms with Crippen LogP contribution in [-0.2, 0) is 11.3 Å². The normalized spacial score (nSPS) is 10.9. The first-order valence-electron chi connectivity index (χ1n) is 8.99. The molecule has 0 unspecified atom stereocenters. The van der Waals surface area contributed by atoms with Crippen molar-refractivity contribution in [3.8, 4) is 10.7 Å². The Morgan fingerprint density at radius 2 is 1.97 bits per heavy atom. The van der Waals surface area contributed by atoms with Crippen LogP contribution in [0.1, 0.15) is 5.56 Å². The Hall–Kier alpha value is -2.68. The smallest absolute Gasteiger partial charge is 0.234 e. The van der Waals surface area contributed by atoms with Gasteiger partial charge in [-0.25, -0.2) is 4.39 Å². The second-order valence-electron chi connectivity index (χ2n) is 6.32. The average molecular weight is 459 g/mol. The summed E-state index contributed by atoms with van der Waals surface area (Å²) in [6, 6.07) is 17.8. The lowest BCUT2D eigenvalue weighted by Gasteiger charge is -2.10. The van der Waals surface area contributed by atoms with Gasteiger partial charge in [-0.05, 0) is 35.2 Å². The number of hydrogen-bond acceptors (Lipinski definition) is 5. The van der Waals surface area contributed by atoms with Crippen molar-refractivity contribution in [2.75, 3.05) is 11.1 Å². The largest absolute Gasteiger partial charge is 0.324 e. The highest BCUT2D eigenvalue weighted by atomic mass is 35.5. The van der Waals surface area contributed by atoms with Crippen molar-refractivity contribution in [2.45, 2.75) is 11.7 Å². The summed E-state index contributed by atoms with van der Waals surface area (Å²) in [4.78, 5) is 13.4. The van der Waals surface area contributed by atoms with E-state index in [1.165, 1.54) is 23.9 Å². The summed E-state index contributed by atoms with van der Waals surface area (Å²) in [6.45, 7) is 0.592. The van der Waals surface area contributed by atoms with E-state index in [-0.39, 0.29) is 16.7 Å². The Kier molecular flexibility index (Phi) is 6.47. The van der Waals surface area contributed by atoms with Crippen LogP contribution >= 0.6 is 34.7 Å². The first kappa shape index (κ1) is 20.6. The van der Waals surface area contributed by atoms with Crippen LogP contribution in [0.4, 0.5) is 10.1 Å². The molecule has 1 N–H and O–H groups in total. The van der Waals surface area contributed by atoms with Gasteiger partial charge in [0.25, 0.3) is 0 Å². The zero-order chi connectivity index (χ0) is 20.9. The standard InChI is InChI=1S/C21H16ClFN4OS2/c22-16-11-15(23)8-9-17(16)24-19(28)13-30-21-26-25-20(18-7-4-10-29-18)27(21)12-14-5-2-1-3-6-14/h1-11H,12-13H2,(H,24,28). The van der Waals surface area contributed by atoms with Crippen molar-refractivity contribution >= 4 is 46.3 Å². The summed E-state index contributed by atoms with van der Waals surface area (Å²) in [5.41, 5.74) is 1.48. The highest BCUT2D eigenvalue weighted by Gasteiger charge is 2.17. The molecule has 9 heteroatoms. The quantitative estimate of drug-likeness (QED) is 0.367. The molecule has 1 amide bonds. The summed E-state index contributed by atoms with van der Waals surface area (Å²) < 4.78 is 15.2. The maximum atomic E-state index is 13.2. The topological polar surface area (TPSA) is 59.8 Å². The van der Waals surface area contributed by atoms with Crippen LogP contribution in [0.3, 0.4) is 0 Å². The molecule has 0 spiro atoms. The van der Waals surface area contributed by atoms with E-state index in [1.807, 2.05) is 52.4 Å². The van der Waals surface area contributed by atoms with E-state index in [0.29, 0.717) is 17.4 Å². The SMILES string of the molecule is O=C(CSc1nnc(-c2cccs2)n1Cc1ccccc1)Nc1ccc(F)cc1Cl. The number of nitrogens with zero attached hydrogens (tertiary/aromatic N) is 3. The molecule has 152 valence electrons. The number of anilines is 1. The number of carbonyl (C=O) groups excluding carboxylic acids is 1. The zero-order valence-corrected chi connectivity index (χ0v) is 18.0. The van der Waals surface area contributed by atoms with Crippen molar-refractivity contribution in [3.63, 3.8) is 0 Å². The number of halogens is 2. The first-order chi connectivity index (χ1) is 14.6. The van der Waals surface area contributed by atoms with E-state index in [2.05, 4.69) is 15.5 Å². The molecule has 0 saturated heterocycles. The van der Waals surface area contributed by atoms with Gasteiger partial charge in [0.05, 0.1) is 27.9 Å². The predicted octanol–water partition coefficient (Wildman–Crippen LogP) is 5.58. The monoisotopic (exact) mass is 458 g/mol. The van der Waals surface area contributed by atoms with Gasteiger partial charge in [0.15, 0.2) is 11.0 Å². The zero-order valence-electron chi connectivity index (χ0n) is 15.6. The van der Waals surface area contributed by atoms with Gasteiger partial charge < -0.3 is 5.32 Å². The third-order valence-electron chi connectivity index (χ3n) is 4.18. The van der Waals surface area contributed by atoms with Gasteiger partial charge in [0.1, 0.15) is 5.82 Å². The van der Waals surface area contributed by atoms with Gasteiger partial charge in [-0.3, -0.25) is 9.36 Å². The molecular formula is C21H16ClFN4OS2. The van der Waals surface area contributed by atoms with Crippen molar-refractivity contribution in [1.29, 1.82) is 0 Å². The Balaban J connectivity index is 1.51. The van der Waals surface area contributed by atoms with E-state index >= 15 is 0 Å². The van der Waals surface area contributed by atoms with Gasteiger partial charge in [-0.15, -0.1) is 21.5 Å². The van der Waals surface area contributed by atoms with Crippen LogP contribution in [-0.4, -0.2) is 26.4 Å². The Labute approximate surface area is 185 Å². The summed E-state index contributed by atoms with van der Waals surface area (Å²) in [5.74, 6) is 0.159. The minimum atomic E-state index is -0.456. The second kappa shape index (κ2) is 9.42. The maximum Gasteiger partial charge on any atom is 0.234 e. The summed E-state index contributed by atoms with van der Waals surface area (Å²) in [6.07, 6.45) is 0. The Morgan fingerprint density at radius 3 is 2.70 bits per heavy atom. The number of aromatic nitrogens is 3. The molecule has 2 aromatic carbocycles. The minimum absolute atomic E-state index is 0.116.